The molecule has 0 fully saturated rings. The van der Waals surface area contributed by atoms with Gasteiger partial charge in [0.1, 0.15) is 12.4 Å². The van der Waals surface area contributed by atoms with E-state index < -0.39 is 10.1 Å². The normalized spacial score (nSPS) is 12.3. The third kappa shape index (κ3) is 11.3. The predicted molar refractivity (Wildman–Crippen MR) is 227 cm³/mol. The summed E-state index contributed by atoms with van der Waals surface area (Å²) in [6, 6.07) is 28.9. The number of hydrogen-bond donors (Lipinski definition) is 0. The number of halogens is 1. The van der Waals surface area contributed by atoms with E-state index in [0.29, 0.717) is 36.0 Å². The number of carbonyl (C=O) groups is 1. The summed E-state index contributed by atoms with van der Waals surface area (Å²) < 4.78 is 45.4. The van der Waals surface area contributed by atoms with E-state index in [4.69, 9.17) is 4.18 Å². The summed E-state index contributed by atoms with van der Waals surface area (Å²) in [4.78, 5) is 36.1. The maximum atomic E-state index is 14.3. The number of aromatic nitrogens is 2. The van der Waals surface area contributed by atoms with Gasteiger partial charge in [-0.15, -0.1) is 0 Å². The fourth-order valence-electron chi connectivity index (χ4n) is 6.83. The molecule has 6 rings (SSSR count). The lowest BCUT2D eigenvalue weighted by Crippen LogP contribution is -2.40. The van der Waals surface area contributed by atoms with Crippen LogP contribution in [0.5, 0.6) is 0 Å². The molecule has 0 unspecified atom stereocenters. The number of likely N-dealkylation sites (N-methyl/N-ethyl adjacent to an activating group) is 1. The molecule has 9 nitrogen and oxygen atoms in total. The topological polar surface area (TPSA) is 102 Å². The van der Waals surface area contributed by atoms with Gasteiger partial charge in [-0.1, -0.05) is 104 Å². The van der Waals surface area contributed by atoms with E-state index >= 15 is 0 Å². The monoisotopic (exact) mass is 820 g/mol. The maximum Gasteiger partial charge on any atom is 0.297 e. The first-order chi connectivity index (χ1) is 28.0. The van der Waals surface area contributed by atoms with Gasteiger partial charge in [-0.2, -0.15) is 13.4 Å². The molecule has 58 heavy (non-hydrogen) atoms. The highest BCUT2D eigenvalue weighted by Gasteiger charge is 2.25. The SMILES string of the molecule is CCN(CC)CCN(Cc1ccc(-c2ccc(C#CCCOS(=O)(=O)c3ccc(C)cc3)cc2)cc1)C(=O)Cn1c(SCc2ccc(F)cc2)nc(=O)c2c1CCC2. The zero-order valence-electron chi connectivity index (χ0n) is 33.2. The van der Waals surface area contributed by atoms with E-state index in [1.54, 1.807) is 24.3 Å². The molecule has 1 aliphatic rings. The first-order valence-electron chi connectivity index (χ1n) is 19.7. The van der Waals surface area contributed by atoms with Crippen LogP contribution in [-0.4, -0.2) is 66.5 Å². The van der Waals surface area contributed by atoms with Gasteiger partial charge in [0, 0.05) is 48.6 Å². The van der Waals surface area contributed by atoms with E-state index in [-0.39, 0.29) is 41.8 Å². The Morgan fingerprint density at radius 1 is 0.879 bits per heavy atom. The highest BCUT2D eigenvalue weighted by Crippen LogP contribution is 2.27. The largest absolute Gasteiger partial charge is 0.336 e. The van der Waals surface area contributed by atoms with Crippen molar-refractivity contribution >= 4 is 27.8 Å². The zero-order chi connectivity index (χ0) is 41.1. The number of nitrogens with zero attached hydrogens (tertiary/aromatic N) is 4. The van der Waals surface area contributed by atoms with Gasteiger partial charge in [0.25, 0.3) is 15.7 Å². The fourth-order valence-corrected chi connectivity index (χ4v) is 8.70. The van der Waals surface area contributed by atoms with Gasteiger partial charge in [-0.05, 0) is 97.9 Å². The maximum absolute atomic E-state index is 14.3. The van der Waals surface area contributed by atoms with E-state index in [1.165, 1.54) is 36.0 Å². The minimum absolute atomic E-state index is 0.0301. The summed E-state index contributed by atoms with van der Waals surface area (Å²) in [7, 11) is -3.82. The van der Waals surface area contributed by atoms with Gasteiger partial charge >= 0.3 is 0 Å². The van der Waals surface area contributed by atoms with Crippen molar-refractivity contribution < 1.29 is 21.8 Å². The molecule has 1 aromatic heterocycles. The van der Waals surface area contributed by atoms with Crippen LogP contribution in [0.4, 0.5) is 4.39 Å². The number of rotatable bonds is 17. The standard InChI is InChI=1S/C46H49FN4O5S2/c1-4-49(5-2)28-29-50(44(52)32-51-43-11-8-10-42(43)45(53)48-46(51)57-33-37-18-24-40(47)25-19-37)31-36-16-22-39(23-17-36)38-20-14-35(15-21-38)9-6-7-30-56-58(54,55)41-26-12-34(3)13-27-41/h12-27H,4-5,7-8,10-11,28-33H2,1-3H3. The van der Waals surface area contributed by atoms with E-state index in [0.717, 1.165) is 71.6 Å². The van der Waals surface area contributed by atoms with Crippen LogP contribution in [-0.2, 0) is 50.8 Å². The minimum atomic E-state index is -3.82. The second-order valence-corrected chi connectivity index (χ2v) is 16.8. The smallest absolute Gasteiger partial charge is 0.297 e. The van der Waals surface area contributed by atoms with Crippen LogP contribution in [0.15, 0.2) is 112 Å². The molecule has 0 N–H and O–H groups in total. The third-order valence-corrected chi connectivity index (χ3v) is 12.6. The Labute approximate surface area is 345 Å². The second-order valence-electron chi connectivity index (χ2n) is 14.2. The van der Waals surface area contributed by atoms with E-state index in [1.807, 2.05) is 52.8 Å². The summed E-state index contributed by atoms with van der Waals surface area (Å²) >= 11 is 1.39. The first kappa shape index (κ1) is 42.5. The molecule has 0 radical (unpaired) electrons. The van der Waals surface area contributed by atoms with Crippen molar-refractivity contribution in [2.45, 2.75) is 75.3 Å². The Bertz CT molecular complexity index is 2400. The molecule has 1 heterocycles. The predicted octanol–water partition coefficient (Wildman–Crippen LogP) is 7.66. The average molecular weight is 821 g/mol. The number of thioether (sulfide) groups is 1. The second kappa shape index (κ2) is 20.1. The van der Waals surface area contributed by atoms with Gasteiger partial charge < -0.3 is 14.4 Å². The lowest BCUT2D eigenvalue weighted by Gasteiger charge is -2.28. The number of hydrogen-bond acceptors (Lipinski definition) is 8. The molecule has 12 heteroatoms. The molecule has 0 atom stereocenters. The summed E-state index contributed by atoms with van der Waals surface area (Å²) in [6.45, 7) is 9.65. The summed E-state index contributed by atoms with van der Waals surface area (Å²) in [5.41, 5.74) is 7.08. The molecule has 4 aromatic carbocycles. The highest BCUT2D eigenvalue weighted by atomic mass is 32.2. The van der Waals surface area contributed by atoms with Gasteiger partial charge in [0.2, 0.25) is 5.91 Å². The summed E-state index contributed by atoms with van der Waals surface area (Å²) in [5, 5.41) is 0.506. The number of carbonyl (C=O) groups excluding carboxylic acids is 1. The molecule has 1 amide bonds. The molecule has 0 bridgehead atoms. The molecule has 1 aliphatic carbocycles. The van der Waals surface area contributed by atoms with Crippen LogP contribution in [0.25, 0.3) is 11.1 Å². The Morgan fingerprint density at radius 2 is 1.53 bits per heavy atom. The van der Waals surface area contributed by atoms with Crippen LogP contribution in [0.2, 0.25) is 0 Å². The Kier molecular flexibility index (Phi) is 14.7. The number of amides is 1. The number of fused-ring (bicyclic) bond motifs is 1. The van der Waals surface area contributed by atoms with Gasteiger partial charge in [-0.3, -0.25) is 13.8 Å². The van der Waals surface area contributed by atoms with Gasteiger partial charge in [0.05, 0.1) is 11.5 Å². The molecule has 302 valence electrons. The van der Waals surface area contributed by atoms with Gasteiger partial charge in [0.15, 0.2) is 5.16 Å². The van der Waals surface area contributed by atoms with Crippen molar-refractivity contribution in [1.29, 1.82) is 0 Å². The van der Waals surface area contributed by atoms with Crippen LogP contribution < -0.4 is 5.56 Å². The lowest BCUT2D eigenvalue weighted by molar-refractivity contribution is -0.132. The van der Waals surface area contributed by atoms with Crippen molar-refractivity contribution in [2.24, 2.45) is 0 Å². The molecule has 5 aromatic rings. The third-order valence-electron chi connectivity index (χ3n) is 10.3. The van der Waals surface area contributed by atoms with Crippen molar-refractivity contribution in [3.8, 4) is 23.0 Å². The molecular formula is C46H49FN4O5S2. The van der Waals surface area contributed by atoms with Crippen LogP contribution >= 0.6 is 11.8 Å². The Balaban J connectivity index is 1.11. The average Bonchev–Trinajstić information content (AvgIpc) is 3.73. The van der Waals surface area contributed by atoms with Crippen LogP contribution in [0.1, 0.15) is 60.2 Å². The van der Waals surface area contributed by atoms with Crippen molar-refractivity contribution in [3.63, 3.8) is 0 Å². The lowest BCUT2D eigenvalue weighted by atomic mass is 10.0. The Hall–Kier alpha value is -5.06. The van der Waals surface area contributed by atoms with Crippen LogP contribution in [0.3, 0.4) is 0 Å². The summed E-state index contributed by atoms with van der Waals surface area (Å²) in [5.74, 6) is 6.21. The molecule has 0 saturated heterocycles. The molecule has 0 saturated carbocycles. The summed E-state index contributed by atoms with van der Waals surface area (Å²) in [6.07, 6.45) is 2.49. The molecule has 0 spiro atoms. The quantitative estimate of drug-likeness (QED) is 0.0310. The number of benzene rings is 4. The minimum Gasteiger partial charge on any atom is -0.336 e. The fraction of sp³-hybridized carbons (Fsp3) is 0.326. The molecular weight excluding hydrogens is 772 g/mol. The molecule has 0 aliphatic heterocycles. The van der Waals surface area contributed by atoms with E-state index in [2.05, 4.69) is 47.7 Å². The van der Waals surface area contributed by atoms with Gasteiger partial charge in [-0.25, -0.2) is 4.39 Å². The van der Waals surface area contributed by atoms with Crippen molar-refractivity contribution in [1.82, 2.24) is 19.4 Å². The van der Waals surface area contributed by atoms with Crippen molar-refractivity contribution in [3.05, 3.63) is 147 Å². The highest BCUT2D eigenvalue weighted by molar-refractivity contribution is 7.98. The first-order valence-corrected chi connectivity index (χ1v) is 22.1. The van der Waals surface area contributed by atoms with Crippen molar-refractivity contribution in [2.75, 3.05) is 32.8 Å². The van der Waals surface area contributed by atoms with Crippen LogP contribution in [0, 0.1) is 24.6 Å². The Morgan fingerprint density at radius 3 is 2.21 bits per heavy atom. The zero-order valence-corrected chi connectivity index (χ0v) is 34.9. The van der Waals surface area contributed by atoms with E-state index in [9.17, 15) is 22.4 Å². The number of aryl methyl sites for hydroxylation is 1.